The third-order valence-electron chi connectivity index (χ3n) is 3.14. The van der Waals surface area contributed by atoms with Crippen molar-refractivity contribution in [3.05, 3.63) is 36.7 Å². The Bertz CT molecular complexity index is 560. The molecular formula is C14H17N3O. The quantitative estimate of drug-likeness (QED) is 0.868. The van der Waals surface area contributed by atoms with E-state index in [2.05, 4.69) is 10.3 Å². The second kappa shape index (κ2) is 5.14. The van der Waals surface area contributed by atoms with Gasteiger partial charge in [-0.15, -0.1) is 0 Å². The number of rotatable bonds is 3. The molecule has 1 aromatic carbocycles. The molecule has 0 fully saturated rings. The first kappa shape index (κ1) is 12.5. The van der Waals surface area contributed by atoms with Crippen molar-refractivity contribution in [3.8, 4) is 0 Å². The second-order valence-corrected chi connectivity index (χ2v) is 4.54. The topological polar surface area (TPSA) is 68.0 Å². The van der Waals surface area contributed by atoms with Crippen molar-refractivity contribution >= 4 is 22.4 Å². The summed E-state index contributed by atoms with van der Waals surface area (Å²) in [5.74, 6) is -0.293. The van der Waals surface area contributed by atoms with E-state index in [9.17, 15) is 4.79 Å². The molecule has 18 heavy (non-hydrogen) atoms. The van der Waals surface area contributed by atoms with Gasteiger partial charge in [-0.25, -0.2) is 0 Å². The Kier molecular flexibility index (Phi) is 3.58. The van der Waals surface area contributed by atoms with Crippen molar-refractivity contribution in [1.29, 1.82) is 0 Å². The van der Waals surface area contributed by atoms with E-state index in [0.717, 1.165) is 16.5 Å². The van der Waals surface area contributed by atoms with Gasteiger partial charge in [0, 0.05) is 23.8 Å². The van der Waals surface area contributed by atoms with Gasteiger partial charge >= 0.3 is 0 Å². The number of nitrogens with two attached hydrogens (primary N) is 1. The van der Waals surface area contributed by atoms with Crippen LogP contribution >= 0.6 is 0 Å². The summed E-state index contributed by atoms with van der Waals surface area (Å²) in [6.07, 6.45) is 3.49. The second-order valence-electron chi connectivity index (χ2n) is 4.54. The van der Waals surface area contributed by atoms with Crippen LogP contribution in [0.5, 0.6) is 0 Å². The van der Waals surface area contributed by atoms with Gasteiger partial charge in [0.1, 0.15) is 0 Å². The molecule has 0 saturated heterocycles. The first-order chi connectivity index (χ1) is 8.59. The molecule has 0 aliphatic rings. The van der Waals surface area contributed by atoms with Crippen LogP contribution in [0.25, 0.3) is 10.8 Å². The zero-order valence-electron chi connectivity index (χ0n) is 10.6. The predicted octanol–water partition coefficient (Wildman–Crippen LogP) is 2.16. The standard InChI is InChI=1S/C14H17N3O/c1-9(10(2)15)14(18)17-13-5-3-4-11-6-7-16-8-12(11)13/h3-10H,15H2,1-2H3,(H,17,18). The van der Waals surface area contributed by atoms with Crippen LogP contribution in [0.2, 0.25) is 0 Å². The van der Waals surface area contributed by atoms with E-state index in [-0.39, 0.29) is 17.9 Å². The van der Waals surface area contributed by atoms with E-state index >= 15 is 0 Å². The number of amides is 1. The predicted molar refractivity (Wildman–Crippen MR) is 73.2 cm³/mol. The maximum Gasteiger partial charge on any atom is 0.228 e. The number of nitrogens with one attached hydrogen (secondary N) is 1. The van der Waals surface area contributed by atoms with Crippen LogP contribution in [0.3, 0.4) is 0 Å². The van der Waals surface area contributed by atoms with Gasteiger partial charge in [0.05, 0.1) is 11.6 Å². The third kappa shape index (κ3) is 2.49. The Hall–Kier alpha value is -1.94. The molecule has 1 aromatic heterocycles. The van der Waals surface area contributed by atoms with Crippen molar-refractivity contribution in [2.24, 2.45) is 11.7 Å². The van der Waals surface area contributed by atoms with Crippen molar-refractivity contribution < 1.29 is 4.79 Å². The van der Waals surface area contributed by atoms with Crippen molar-refractivity contribution in [2.45, 2.75) is 19.9 Å². The van der Waals surface area contributed by atoms with E-state index < -0.39 is 0 Å². The van der Waals surface area contributed by atoms with Crippen molar-refractivity contribution in [1.82, 2.24) is 4.98 Å². The van der Waals surface area contributed by atoms with Crippen molar-refractivity contribution in [2.75, 3.05) is 5.32 Å². The van der Waals surface area contributed by atoms with Gasteiger partial charge in [0.15, 0.2) is 0 Å². The summed E-state index contributed by atoms with van der Waals surface area (Å²) in [4.78, 5) is 16.1. The maximum atomic E-state index is 12.0. The molecule has 0 spiro atoms. The summed E-state index contributed by atoms with van der Waals surface area (Å²) in [6.45, 7) is 3.65. The number of aromatic nitrogens is 1. The molecule has 2 unspecified atom stereocenters. The molecule has 1 amide bonds. The molecule has 2 rings (SSSR count). The molecule has 0 aliphatic heterocycles. The number of fused-ring (bicyclic) bond motifs is 1. The normalized spacial score (nSPS) is 14.2. The van der Waals surface area contributed by atoms with Gasteiger partial charge in [0.2, 0.25) is 5.91 Å². The monoisotopic (exact) mass is 243 g/mol. The first-order valence-electron chi connectivity index (χ1n) is 5.99. The number of carbonyl (C=O) groups excluding carboxylic acids is 1. The lowest BCUT2D eigenvalue weighted by molar-refractivity contribution is -0.119. The Morgan fingerprint density at radius 1 is 1.33 bits per heavy atom. The van der Waals surface area contributed by atoms with Gasteiger partial charge < -0.3 is 11.1 Å². The van der Waals surface area contributed by atoms with Crippen molar-refractivity contribution in [3.63, 3.8) is 0 Å². The van der Waals surface area contributed by atoms with Crippen LogP contribution in [0, 0.1) is 5.92 Å². The highest BCUT2D eigenvalue weighted by Crippen LogP contribution is 2.22. The third-order valence-corrected chi connectivity index (χ3v) is 3.14. The lowest BCUT2D eigenvalue weighted by atomic mass is 10.0. The van der Waals surface area contributed by atoms with Crippen LogP contribution in [-0.4, -0.2) is 16.9 Å². The first-order valence-corrected chi connectivity index (χ1v) is 5.99. The van der Waals surface area contributed by atoms with E-state index in [1.54, 1.807) is 12.4 Å². The van der Waals surface area contributed by atoms with E-state index in [1.165, 1.54) is 0 Å². The summed E-state index contributed by atoms with van der Waals surface area (Å²) in [5, 5.41) is 4.89. The van der Waals surface area contributed by atoms with Crippen LogP contribution in [0.15, 0.2) is 36.7 Å². The maximum absolute atomic E-state index is 12.0. The Balaban J connectivity index is 2.30. The molecule has 0 aliphatic carbocycles. The van der Waals surface area contributed by atoms with Crippen LogP contribution in [0.1, 0.15) is 13.8 Å². The molecular weight excluding hydrogens is 226 g/mol. The lowest BCUT2D eigenvalue weighted by Gasteiger charge is -2.16. The Morgan fingerprint density at radius 3 is 2.83 bits per heavy atom. The fraction of sp³-hybridized carbons (Fsp3) is 0.286. The van der Waals surface area contributed by atoms with Crippen LogP contribution in [0.4, 0.5) is 5.69 Å². The highest BCUT2D eigenvalue weighted by Gasteiger charge is 2.17. The fourth-order valence-corrected chi connectivity index (χ4v) is 1.71. The number of hydrogen-bond donors (Lipinski definition) is 2. The summed E-state index contributed by atoms with van der Waals surface area (Å²) in [6, 6.07) is 7.52. The zero-order chi connectivity index (χ0) is 13.1. The number of carbonyl (C=O) groups is 1. The van der Waals surface area contributed by atoms with E-state index in [0.29, 0.717) is 0 Å². The highest BCUT2D eigenvalue weighted by atomic mass is 16.1. The Labute approximate surface area is 106 Å². The molecule has 0 radical (unpaired) electrons. The molecule has 3 N–H and O–H groups in total. The minimum absolute atomic E-state index is 0.0682. The van der Waals surface area contributed by atoms with Gasteiger partial charge in [-0.05, 0) is 24.4 Å². The molecule has 2 atom stereocenters. The van der Waals surface area contributed by atoms with Gasteiger partial charge in [-0.3, -0.25) is 9.78 Å². The average Bonchev–Trinajstić information content (AvgIpc) is 2.38. The number of benzene rings is 1. The number of nitrogens with zero attached hydrogens (tertiary/aromatic N) is 1. The Morgan fingerprint density at radius 2 is 2.11 bits per heavy atom. The largest absolute Gasteiger partial charge is 0.327 e. The molecule has 0 saturated carbocycles. The van der Waals surface area contributed by atoms with Gasteiger partial charge in [0.25, 0.3) is 0 Å². The summed E-state index contributed by atoms with van der Waals surface area (Å²) < 4.78 is 0. The van der Waals surface area contributed by atoms with Gasteiger partial charge in [-0.2, -0.15) is 0 Å². The van der Waals surface area contributed by atoms with Crippen LogP contribution in [-0.2, 0) is 4.79 Å². The average molecular weight is 243 g/mol. The van der Waals surface area contributed by atoms with Gasteiger partial charge in [-0.1, -0.05) is 19.1 Å². The minimum Gasteiger partial charge on any atom is -0.327 e. The van der Waals surface area contributed by atoms with E-state index in [1.807, 2.05) is 38.1 Å². The molecule has 4 nitrogen and oxygen atoms in total. The van der Waals surface area contributed by atoms with Crippen LogP contribution < -0.4 is 11.1 Å². The lowest BCUT2D eigenvalue weighted by Crippen LogP contribution is -2.34. The molecule has 94 valence electrons. The van der Waals surface area contributed by atoms with E-state index in [4.69, 9.17) is 5.73 Å². The smallest absolute Gasteiger partial charge is 0.228 e. The summed E-state index contributed by atoms with van der Waals surface area (Å²) in [5.41, 5.74) is 6.51. The zero-order valence-corrected chi connectivity index (χ0v) is 10.6. The molecule has 4 heteroatoms. The number of anilines is 1. The molecule has 1 heterocycles. The number of pyridine rings is 1. The fourth-order valence-electron chi connectivity index (χ4n) is 1.71. The highest BCUT2D eigenvalue weighted by molar-refractivity contribution is 6.02. The molecule has 2 aromatic rings. The SMILES string of the molecule is CC(N)C(C)C(=O)Nc1cccc2ccncc12. The number of hydrogen-bond acceptors (Lipinski definition) is 3. The summed E-state index contributed by atoms with van der Waals surface area (Å²) in [7, 11) is 0. The molecule has 0 bridgehead atoms. The minimum atomic E-state index is -0.225. The summed E-state index contributed by atoms with van der Waals surface area (Å²) >= 11 is 0.